The summed E-state index contributed by atoms with van der Waals surface area (Å²) in [4.78, 5) is 28.7. The summed E-state index contributed by atoms with van der Waals surface area (Å²) in [6.45, 7) is 7.47. The molecule has 1 aliphatic rings. The second-order valence-electron chi connectivity index (χ2n) is 5.91. The number of ether oxygens (including phenoxy) is 1. The number of pyridine rings is 1. The topological polar surface area (TPSA) is 86.2 Å². The maximum absolute atomic E-state index is 12.4. The number of morpholine rings is 1. The second kappa shape index (κ2) is 7.42. The van der Waals surface area contributed by atoms with E-state index in [0.717, 1.165) is 17.7 Å². The summed E-state index contributed by atoms with van der Waals surface area (Å²) in [5.74, 6) is 0.0928. The van der Waals surface area contributed by atoms with Gasteiger partial charge in [-0.2, -0.15) is 5.26 Å². The molecule has 0 spiro atoms. The number of hydrogen-bond acceptors (Lipinski definition) is 4. The Bertz CT molecular complexity index is 688. The van der Waals surface area contributed by atoms with Crippen molar-refractivity contribution in [3.05, 3.63) is 32.7 Å². The molecule has 0 radical (unpaired) electrons. The molecule has 0 unspecified atom stereocenters. The Labute approximate surface area is 136 Å². The number of carbonyl (C=O) groups excluding carboxylic acids is 1. The summed E-state index contributed by atoms with van der Waals surface area (Å²) >= 11 is 0. The molecule has 1 aliphatic heterocycles. The van der Waals surface area contributed by atoms with Gasteiger partial charge in [-0.3, -0.25) is 9.59 Å². The number of nitriles is 1. The van der Waals surface area contributed by atoms with Crippen molar-refractivity contribution in [1.82, 2.24) is 9.88 Å². The van der Waals surface area contributed by atoms with Gasteiger partial charge in [0.05, 0.1) is 12.7 Å². The van der Waals surface area contributed by atoms with Crippen LogP contribution in [-0.4, -0.2) is 41.6 Å². The van der Waals surface area contributed by atoms with Crippen LogP contribution in [0.3, 0.4) is 0 Å². The first-order valence-electron chi connectivity index (χ1n) is 7.99. The Morgan fingerprint density at radius 1 is 1.48 bits per heavy atom. The van der Waals surface area contributed by atoms with E-state index < -0.39 is 0 Å². The molecule has 2 rings (SSSR count). The van der Waals surface area contributed by atoms with Gasteiger partial charge in [0.25, 0.3) is 5.56 Å². The van der Waals surface area contributed by atoms with Gasteiger partial charge in [0.15, 0.2) is 0 Å². The molecule has 0 bridgehead atoms. The minimum absolute atomic E-state index is 0.0928. The van der Waals surface area contributed by atoms with Gasteiger partial charge in [0.1, 0.15) is 11.6 Å². The largest absolute Gasteiger partial charge is 0.375 e. The van der Waals surface area contributed by atoms with Crippen molar-refractivity contribution in [2.45, 2.75) is 46.1 Å². The second-order valence-corrected chi connectivity index (χ2v) is 5.91. The van der Waals surface area contributed by atoms with E-state index in [-0.39, 0.29) is 23.1 Å². The third-order valence-electron chi connectivity index (χ3n) is 4.46. The smallest absolute Gasteiger partial charge is 0.266 e. The molecule has 6 nitrogen and oxygen atoms in total. The number of nitrogens with zero attached hydrogens (tertiary/aromatic N) is 2. The summed E-state index contributed by atoms with van der Waals surface area (Å²) in [5.41, 5.74) is 2.06. The quantitative estimate of drug-likeness (QED) is 0.910. The predicted molar refractivity (Wildman–Crippen MR) is 86.2 cm³/mol. The molecule has 1 N–H and O–H groups in total. The monoisotopic (exact) mass is 317 g/mol. The zero-order chi connectivity index (χ0) is 17.0. The van der Waals surface area contributed by atoms with Crippen LogP contribution in [0.25, 0.3) is 0 Å². The van der Waals surface area contributed by atoms with E-state index >= 15 is 0 Å². The molecule has 0 aliphatic carbocycles. The van der Waals surface area contributed by atoms with Crippen molar-refractivity contribution in [2.24, 2.45) is 0 Å². The van der Waals surface area contributed by atoms with Gasteiger partial charge in [-0.25, -0.2) is 0 Å². The number of rotatable bonds is 4. The summed E-state index contributed by atoms with van der Waals surface area (Å²) in [5, 5.41) is 9.09. The molecule has 0 saturated carbocycles. The molecule has 23 heavy (non-hydrogen) atoms. The first kappa shape index (κ1) is 17.2. The van der Waals surface area contributed by atoms with Crippen LogP contribution in [0.15, 0.2) is 4.79 Å². The third-order valence-corrected chi connectivity index (χ3v) is 4.46. The van der Waals surface area contributed by atoms with E-state index in [9.17, 15) is 9.59 Å². The molecule has 0 aromatic carbocycles. The maximum atomic E-state index is 12.4. The fraction of sp³-hybridized carbons (Fsp3) is 0.588. The van der Waals surface area contributed by atoms with Crippen LogP contribution in [0.2, 0.25) is 0 Å². The molecule has 1 amide bonds. The molecule has 1 saturated heterocycles. The Hall–Kier alpha value is -2.13. The number of H-pyrrole nitrogens is 1. The van der Waals surface area contributed by atoms with Crippen LogP contribution in [0.5, 0.6) is 0 Å². The fourth-order valence-electron chi connectivity index (χ4n) is 3.00. The predicted octanol–water partition coefficient (Wildman–Crippen LogP) is 1.43. The average molecular weight is 317 g/mol. The van der Waals surface area contributed by atoms with Crippen LogP contribution >= 0.6 is 0 Å². The van der Waals surface area contributed by atoms with Gasteiger partial charge in [-0.15, -0.1) is 0 Å². The number of carbonyl (C=O) groups is 1. The Morgan fingerprint density at radius 2 is 2.22 bits per heavy atom. The number of amides is 1. The van der Waals surface area contributed by atoms with E-state index in [0.29, 0.717) is 38.1 Å². The summed E-state index contributed by atoms with van der Waals surface area (Å²) < 4.78 is 5.58. The van der Waals surface area contributed by atoms with E-state index in [4.69, 9.17) is 10.00 Å². The lowest BCUT2D eigenvalue weighted by Crippen LogP contribution is -2.45. The zero-order valence-electron chi connectivity index (χ0n) is 13.9. The molecular weight excluding hydrogens is 294 g/mol. The fourth-order valence-corrected chi connectivity index (χ4v) is 3.00. The number of aromatic nitrogens is 1. The van der Waals surface area contributed by atoms with Crippen molar-refractivity contribution >= 4 is 5.91 Å². The summed E-state index contributed by atoms with van der Waals surface area (Å²) in [7, 11) is 0. The number of aryl methyl sites for hydroxylation is 1. The van der Waals surface area contributed by atoms with Crippen molar-refractivity contribution in [2.75, 3.05) is 19.7 Å². The van der Waals surface area contributed by atoms with Crippen molar-refractivity contribution in [1.29, 1.82) is 5.26 Å². The third kappa shape index (κ3) is 3.80. The minimum Gasteiger partial charge on any atom is -0.375 e. The van der Waals surface area contributed by atoms with Crippen molar-refractivity contribution in [3.8, 4) is 6.07 Å². The van der Waals surface area contributed by atoms with Crippen molar-refractivity contribution < 1.29 is 9.53 Å². The molecule has 1 aromatic rings. The summed E-state index contributed by atoms with van der Waals surface area (Å²) in [6, 6.07) is 1.94. The highest BCUT2D eigenvalue weighted by atomic mass is 16.5. The van der Waals surface area contributed by atoms with Gasteiger partial charge < -0.3 is 14.6 Å². The lowest BCUT2D eigenvalue weighted by molar-refractivity contribution is -0.138. The molecule has 1 aromatic heterocycles. The van der Waals surface area contributed by atoms with E-state index in [2.05, 4.69) is 11.9 Å². The number of aromatic amines is 1. The van der Waals surface area contributed by atoms with Crippen molar-refractivity contribution in [3.63, 3.8) is 0 Å². The van der Waals surface area contributed by atoms with Gasteiger partial charge >= 0.3 is 0 Å². The van der Waals surface area contributed by atoms with Gasteiger partial charge in [-0.1, -0.05) is 6.92 Å². The lowest BCUT2D eigenvalue weighted by Gasteiger charge is -2.32. The van der Waals surface area contributed by atoms with Crippen LogP contribution < -0.4 is 5.56 Å². The molecular formula is C17H23N3O3. The van der Waals surface area contributed by atoms with Crippen LogP contribution in [-0.2, 0) is 16.0 Å². The minimum atomic E-state index is -0.364. The standard InChI is InChI=1S/C17H23N3O3/c1-4-13-10-20(7-8-23-13)16(21)6-5-14-11(2)15(9-18)17(22)19-12(14)3/h13H,4-8,10H2,1-3H3,(H,19,22)/t13-/m1/s1. The van der Waals surface area contributed by atoms with Crippen LogP contribution in [0.4, 0.5) is 0 Å². The first-order valence-corrected chi connectivity index (χ1v) is 7.99. The summed E-state index contributed by atoms with van der Waals surface area (Å²) in [6.07, 6.45) is 1.91. The normalized spacial score (nSPS) is 17.8. The number of nitrogens with one attached hydrogen (secondary N) is 1. The van der Waals surface area contributed by atoms with Gasteiger partial charge in [-0.05, 0) is 37.8 Å². The maximum Gasteiger partial charge on any atom is 0.266 e. The van der Waals surface area contributed by atoms with Gasteiger partial charge in [0.2, 0.25) is 5.91 Å². The zero-order valence-corrected chi connectivity index (χ0v) is 13.9. The molecule has 1 fully saturated rings. The lowest BCUT2D eigenvalue weighted by atomic mass is 9.99. The Kier molecular flexibility index (Phi) is 5.56. The van der Waals surface area contributed by atoms with E-state index in [1.807, 2.05) is 11.0 Å². The average Bonchev–Trinajstić information content (AvgIpc) is 2.54. The molecule has 124 valence electrons. The van der Waals surface area contributed by atoms with E-state index in [1.54, 1.807) is 13.8 Å². The Balaban J connectivity index is 2.08. The number of hydrogen-bond donors (Lipinski definition) is 1. The van der Waals surface area contributed by atoms with Crippen LogP contribution in [0, 0.1) is 25.2 Å². The highest BCUT2D eigenvalue weighted by Crippen LogP contribution is 2.16. The highest BCUT2D eigenvalue weighted by molar-refractivity contribution is 5.76. The highest BCUT2D eigenvalue weighted by Gasteiger charge is 2.23. The molecule has 2 heterocycles. The molecule has 6 heteroatoms. The Morgan fingerprint density at radius 3 is 2.87 bits per heavy atom. The van der Waals surface area contributed by atoms with E-state index in [1.165, 1.54) is 0 Å². The SMILES string of the molecule is CC[C@@H]1CN(C(=O)CCc2c(C)[nH]c(=O)c(C#N)c2C)CCO1. The molecule has 1 atom stereocenters. The van der Waals surface area contributed by atoms with Crippen LogP contribution in [0.1, 0.15) is 42.1 Å². The first-order chi connectivity index (χ1) is 11.0. The van der Waals surface area contributed by atoms with Gasteiger partial charge in [0, 0.05) is 25.2 Å².